The summed E-state index contributed by atoms with van der Waals surface area (Å²) in [5, 5.41) is 0.728. The van der Waals surface area contributed by atoms with Crippen molar-refractivity contribution in [2.24, 2.45) is 0 Å². The van der Waals surface area contributed by atoms with Crippen LogP contribution in [0.15, 0.2) is 59.1 Å². The molecule has 1 saturated carbocycles. The van der Waals surface area contributed by atoms with Gasteiger partial charge in [-0.15, -0.1) is 0 Å². The number of para-hydroxylation sites is 1. The van der Waals surface area contributed by atoms with E-state index in [0.29, 0.717) is 24.1 Å². The zero-order valence-corrected chi connectivity index (χ0v) is 16.2. The van der Waals surface area contributed by atoms with Crippen LogP contribution in [0.4, 0.5) is 0 Å². The number of carbonyl (C=O) groups is 2. The maximum atomic E-state index is 12.9. The van der Waals surface area contributed by atoms with Gasteiger partial charge in [0.1, 0.15) is 0 Å². The Balaban J connectivity index is 1.75. The maximum absolute atomic E-state index is 12.9. The second-order valence-corrected chi connectivity index (χ2v) is 7.60. The van der Waals surface area contributed by atoms with Crippen LogP contribution in [-0.4, -0.2) is 22.8 Å². The Bertz CT molecular complexity index is 1010. The minimum absolute atomic E-state index is 0.0149. The Morgan fingerprint density at radius 1 is 1.07 bits per heavy atom. The second-order valence-electron chi connectivity index (χ2n) is 6.69. The molecule has 4 rings (SSSR count). The van der Waals surface area contributed by atoms with Crippen molar-refractivity contribution in [3.8, 4) is 11.3 Å². The molecule has 136 valence electrons. The van der Waals surface area contributed by atoms with E-state index in [0.717, 1.165) is 33.8 Å². The molecule has 1 aliphatic carbocycles. The van der Waals surface area contributed by atoms with Gasteiger partial charge in [-0.1, -0.05) is 46.3 Å². The standard InChI is InChI=1S/C22H18BrNO3/c23-15-11-9-14(10-12-15)19-13-17(16-5-1-2-6-18(16)24-19)22(26)27-21-8-4-3-7-20(21)25/h1-2,5-6,9-13,21H,3-4,7-8H2. The molecular weight excluding hydrogens is 406 g/mol. The highest BCUT2D eigenvalue weighted by Gasteiger charge is 2.27. The summed E-state index contributed by atoms with van der Waals surface area (Å²) >= 11 is 3.43. The van der Waals surface area contributed by atoms with E-state index in [4.69, 9.17) is 4.74 Å². The van der Waals surface area contributed by atoms with E-state index < -0.39 is 12.1 Å². The van der Waals surface area contributed by atoms with E-state index in [1.165, 1.54) is 0 Å². The molecule has 0 bridgehead atoms. The van der Waals surface area contributed by atoms with Crippen LogP contribution in [0.1, 0.15) is 36.0 Å². The van der Waals surface area contributed by atoms with Gasteiger partial charge in [0, 0.05) is 21.8 Å². The van der Waals surface area contributed by atoms with E-state index in [2.05, 4.69) is 20.9 Å². The first-order valence-corrected chi connectivity index (χ1v) is 9.80. The third-order valence-corrected chi connectivity index (χ3v) is 5.35. The first-order valence-electron chi connectivity index (χ1n) is 9.01. The van der Waals surface area contributed by atoms with Crippen LogP contribution in [0.3, 0.4) is 0 Å². The van der Waals surface area contributed by atoms with E-state index in [1.807, 2.05) is 48.5 Å². The number of ketones is 1. The number of rotatable bonds is 3. The van der Waals surface area contributed by atoms with Crippen molar-refractivity contribution in [1.29, 1.82) is 0 Å². The molecule has 1 aromatic heterocycles. The molecule has 1 unspecified atom stereocenters. The van der Waals surface area contributed by atoms with Gasteiger partial charge in [0.15, 0.2) is 11.9 Å². The van der Waals surface area contributed by atoms with Gasteiger partial charge in [0.05, 0.1) is 16.8 Å². The minimum Gasteiger partial charge on any atom is -0.451 e. The predicted molar refractivity (Wildman–Crippen MR) is 108 cm³/mol. The van der Waals surface area contributed by atoms with Crippen LogP contribution in [0.25, 0.3) is 22.2 Å². The van der Waals surface area contributed by atoms with Crippen molar-refractivity contribution in [1.82, 2.24) is 4.98 Å². The van der Waals surface area contributed by atoms with E-state index >= 15 is 0 Å². The number of halogens is 1. The molecule has 0 saturated heterocycles. The zero-order valence-electron chi connectivity index (χ0n) is 14.7. The molecule has 0 radical (unpaired) electrons. The van der Waals surface area contributed by atoms with E-state index in [1.54, 1.807) is 6.07 Å². The fourth-order valence-electron chi connectivity index (χ4n) is 3.38. The molecule has 0 spiro atoms. The summed E-state index contributed by atoms with van der Waals surface area (Å²) in [5.41, 5.74) is 2.77. The highest BCUT2D eigenvalue weighted by atomic mass is 79.9. The van der Waals surface area contributed by atoms with Gasteiger partial charge in [-0.05, 0) is 43.5 Å². The van der Waals surface area contributed by atoms with Crippen molar-refractivity contribution in [2.45, 2.75) is 31.8 Å². The van der Waals surface area contributed by atoms with Crippen molar-refractivity contribution in [2.75, 3.05) is 0 Å². The summed E-state index contributed by atoms with van der Waals surface area (Å²) in [6, 6.07) is 17.0. The van der Waals surface area contributed by atoms with Gasteiger partial charge < -0.3 is 4.74 Å². The largest absolute Gasteiger partial charge is 0.451 e. The van der Waals surface area contributed by atoms with Gasteiger partial charge in [-0.25, -0.2) is 9.78 Å². The number of fused-ring (bicyclic) bond motifs is 1. The van der Waals surface area contributed by atoms with Crippen molar-refractivity contribution >= 4 is 38.6 Å². The summed E-state index contributed by atoms with van der Waals surface area (Å²) in [5.74, 6) is -0.451. The molecule has 1 aliphatic rings. The molecule has 27 heavy (non-hydrogen) atoms. The van der Waals surface area contributed by atoms with Crippen molar-refractivity contribution in [3.63, 3.8) is 0 Å². The highest BCUT2D eigenvalue weighted by molar-refractivity contribution is 9.10. The fourth-order valence-corrected chi connectivity index (χ4v) is 3.65. The molecule has 5 heteroatoms. The number of nitrogens with zero attached hydrogens (tertiary/aromatic N) is 1. The molecule has 0 aliphatic heterocycles. The average Bonchev–Trinajstić information content (AvgIpc) is 2.69. The normalized spacial score (nSPS) is 17.1. The van der Waals surface area contributed by atoms with Gasteiger partial charge in [0.25, 0.3) is 0 Å². The van der Waals surface area contributed by atoms with E-state index in [-0.39, 0.29) is 5.78 Å². The SMILES string of the molecule is O=C(OC1CCCCC1=O)c1cc(-c2ccc(Br)cc2)nc2ccccc12. The van der Waals surface area contributed by atoms with Gasteiger partial charge in [0.2, 0.25) is 0 Å². The Hall–Kier alpha value is -2.53. The lowest BCUT2D eigenvalue weighted by atomic mass is 9.96. The molecule has 0 N–H and O–H groups in total. The Morgan fingerprint density at radius 2 is 1.85 bits per heavy atom. The van der Waals surface area contributed by atoms with Gasteiger partial charge in [-0.2, -0.15) is 0 Å². The van der Waals surface area contributed by atoms with Crippen LogP contribution in [0.5, 0.6) is 0 Å². The van der Waals surface area contributed by atoms with Gasteiger partial charge in [-0.3, -0.25) is 4.79 Å². The fraction of sp³-hybridized carbons (Fsp3) is 0.227. The zero-order chi connectivity index (χ0) is 18.8. The first kappa shape index (κ1) is 17.9. The molecular formula is C22H18BrNO3. The predicted octanol–water partition coefficient (Wildman–Crippen LogP) is 5.33. The molecule has 1 heterocycles. The van der Waals surface area contributed by atoms with Crippen LogP contribution in [-0.2, 0) is 9.53 Å². The number of aromatic nitrogens is 1. The monoisotopic (exact) mass is 423 g/mol. The van der Waals surface area contributed by atoms with E-state index in [9.17, 15) is 9.59 Å². The molecule has 1 fully saturated rings. The summed E-state index contributed by atoms with van der Waals surface area (Å²) in [4.78, 5) is 29.6. The number of Topliss-reactive ketones (excluding diaryl/α,β-unsaturated/α-hetero) is 1. The Morgan fingerprint density at radius 3 is 2.63 bits per heavy atom. The number of pyridine rings is 1. The summed E-state index contributed by atoms with van der Waals surface area (Å²) in [7, 11) is 0. The third kappa shape index (κ3) is 3.78. The lowest BCUT2D eigenvalue weighted by Crippen LogP contribution is -2.30. The van der Waals surface area contributed by atoms with Crippen LogP contribution >= 0.6 is 15.9 Å². The van der Waals surface area contributed by atoms with Crippen LogP contribution in [0, 0.1) is 0 Å². The molecule has 1 atom stereocenters. The topological polar surface area (TPSA) is 56.3 Å². The summed E-state index contributed by atoms with van der Waals surface area (Å²) < 4.78 is 6.56. The van der Waals surface area contributed by atoms with Crippen LogP contribution in [0.2, 0.25) is 0 Å². The number of esters is 1. The Kier molecular flexibility index (Phi) is 5.03. The van der Waals surface area contributed by atoms with Crippen LogP contribution < -0.4 is 0 Å². The molecule has 2 aromatic carbocycles. The number of ether oxygens (including phenoxy) is 1. The third-order valence-electron chi connectivity index (χ3n) is 4.82. The molecule has 3 aromatic rings. The minimum atomic E-state index is -0.630. The van der Waals surface area contributed by atoms with Gasteiger partial charge >= 0.3 is 5.97 Å². The number of hydrogen-bond acceptors (Lipinski definition) is 4. The molecule has 4 nitrogen and oxygen atoms in total. The summed E-state index contributed by atoms with van der Waals surface area (Å²) in [6.45, 7) is 0. The lowest BCUT2D eigenvalue weighted by molar-refractivity contribution is -0.129. The summed E-state index contributed by atoms with van der Waals surface area (Å²) in [6.07, 6.45) is 2.24. The second kappa shape index (κ2) is 7.61. The quantitative estimate of drug-likeness (QED) is 0.533. The molecule has 0 amide bonds. The number of benzene rings is 2. The first-order chi connectivity index (χ1) is 13.1. The van der Waals surface area contributed by atoms with Crippen molar-refractivity contribution < 1.29 is 14.3 Å². The van der Waals surface area contributed by atoms with Crippen molar-refractivity contribution in [3.05, 3.63) is 64.6 Å². The highest BCUT2D eigenvalue weighted by Crippen LogP contribution is 2.27. The lowest BCUT2D eigenvalue weighted by Gasteiger charge is -2.21. The number of carbonyl (C=O) groups excluding carboxylic acids is 2. The smallest absolute Gasteiger partial charge is 0.339 e. The number of hydrogen-bond donors (Lipinski definition) is 0. The Labute approximate surface area is 165 Å². The maximum Gasteiger partial charge on any atom is 0.339 e. The average molecular weight is 424 g/mol.